The molecule has 5 heteroatoms. The van der Waals surface area contributed by atoms with Crippen molar-refractivity contribution < 1.29 is 14.6 Å². The minimum atomic E-state index is -0.861. The van der Waals surface area contributed by atoms with Crippen LogP contribution in [0, 0.1) is 5.41 Å². The van der Waals surface area contributed by atoms with Crippen molar-refractivity contribution in [2.75, 3.05) is 26.2 Å². The zero-order chi connectivity index (χ0) is 17.4. The number of hydrogen-bond donors (Lipinski definition) is 2. The van der Waals surface area contributed by atoms with Gasteiger partial charge in [0.15, 0.2) is 0 Å². The van der Waals surface area contributed by atoms with Crippen molar-refractivity contribution in [2.24, 2.45) is 5.41 Å². The molecule has 3 unspecified atom stereocenters. The summed E-state index contributed by atoms with van der Waals surface area (Å²) in [4.78, 5) is 12.9. The van der Waals surface area contributed by atoms with Gasteiger partial charge in [-0.3, -0.25) is 0 Å². The highest BCUT2D eigenvalue weighted by atomic mass is 16.5. The van der Waals surface area contributed by atoms with Gasteiger partial charge in [-0.1, -0.05) is 51.1 Å². The van der Waals surface area contributed by atoms with E-state index in [-0.39, 0.29) is 5.41 Å². The molecule has 1 aliphatic carbocycles. The molecular weight excluding hydrogens is 304 g/mol. The fourth-order valence-corrected chi connectivity index (χ4v) is 3.56. The van der Waals surface area contributed by atoms with E-state index in [9.17, 15) is 9.90 Å². The zero-order valence-electron chi connectivity index (χ0n) is 14.8. The quantitative estimate of drug-likeness (QED) is 0.890. The van der Waals surface area contributed by atoms with E-state index in [1.807, 2.05) is 6.07 Å². The summed E-state index contributed by atoms with van der Waals surface area (Å²) in [6.45, 7) is 8.38. The van der Waals surface area contributed by atoms with Gasteiger partial charge < -0.3 is 20.1 Å². The maximum Gasteiger partial charge on any atom is 0.407 e. The summed E-state index contributed by atoms with van der Waals surface area (Å²) in [6, 6.07) is 11.0. The Kier molecular flexibility index (Phi) is 4.58. The maximum absolute atomic E-state index is 11.4. The van der Waals surface area contributed by atoms with Crippen molar-refractivity contribution in [1.29, 1.82) is 0 Å². The van der Waals surface area contributed by atoms with Crippen molar-refractivity contribution in [1.82, 2.24) is 10.2 Å². The second-order valence-electron chi connectivity index (χ2n) is 8.04. The predicted molar refractivity (Wildman–Crippen MR) is 93.3 cm³/mol. The Morgan fingerprint density at radius 1 is 1.38 bits per heavy atom. The number of ether oxygens (including phenoxy) is 1. The highest BCUT2D eigenvalue weighted by molar-refractivity contribution is 5.65. The van der Waals surface area contributed by atoms with Gasteiger partial charge in [0.1, 0.15) is 5.60 Å². The van der Waals surface area contributed by atoms with E-state index in [1.165, 1.54) is 10.5 Å². The SMILES string of the molecule is CC(C)(C)C1(CNC2CC2c2ccccc2)CN(C(=O)O)CCO1. The summed E-state index contributed by atoms with van der Waals surface area (Å²) in [6.07, 6.45) is 0.271. The number of morpholine rings is 1. The third kappa shape index (κ3) is 3.42. The number of nitrogens with one attached hydrogen (secondary N) is 1. The molecule has 0 bridgehead atoms. The normalized spacial score (nSPS) is 30.2. The van der Waals surface area contributed by atoms with Crippen molar-refractivity contribution >= 4 is 6.09 Å². The highest BCUT2D eigenvalue weighted by Crippen LogP contribution is 2.42. The van der Waals surface area contributed by atoms with Crippen LogP contribution in [0.1, 0.15) is 38.7 Å². The second kappa shape index (κ2) is 6.37. The van der Waals surface area contributed by atoms with Crippen LogP contribution in [0.3, 0.4) is 0 Å². The highest BCUT2D eigenvalue weighted by Gasteiger charge is 2.49. The molecule has 3 atom stereocenters. The topological polar surface area (TPSA) is 61.8 Å². The summed E-state index contributed by atoms with van der Waals surface area (Å²) in [7, 11) is 0. The Balaban J connectivity index is 1.65. The van der Waals surface area contributed by atoms with Gasteiger partial charge in [-0.25, -0.2) is 4.79 Å². The van der Waals surface area contributed by atoms with Gasteiger partial charge in [0.25, 0.3) is 0 Å². The summed E-state index contributed by atoms with van der Waals surface area (Å²) >= 11 is 0. The Labute approximate surface area is 144 Å². The number of amides is 1. The average molecular weight is 332 g/mol. The lowest BCUT2D eigenvalue weighted by molar-refractivity contribution is -0.156. The number of carbonyl (C=O) groups is 1. The molecule has 24 heavy (non-hydrogen) atoms. The molecule has 1 aliphatic heterocycles. The van der Waals surface area contributed by atoms with Crippen LogP contribution in [0.4, 0.5) is 4.79 Å². The van der Waals surface area contributed by atoms with E-state index >= 15 is 0 Å². The maximum atomic E-state index is 11.4. The molecule has 2 N–H and O–H groups in total. The predicted octanol–water partition coefficient (Wildman–Crippen LogP) is 2.93. The summed E-state index contributed by atoms with van der Waals surface area (Å²) in [5.74, 6) is 0.558. The van der Waals surface area contributed by atoms with Gasteiger partial charge in [-0.15, -0.1) is 0 Å². The largest absolute Gasteiger partial charge is 0.465 e. The van der Waals surface area contributed by atoms with Crippen LogP contribution >= 0.6 is 0 Å². The molecule has 5 nitrogen and oxygen atoms in total. The number of nitrogens with zero attached hydrogens (tertiary/aromatic N) is 1. The van der Waals surface area contributed by atoms with Crippen molar-refractivity contribution in [3.05, 3.63) is 35.9 Å². The van der Waals surface area contributed by atoms with Gasteiger partial charge in [0.05, 0.1) is 13.2 Å². The molecule has 1 amide bonds. The van der Waals surface area contributed by atoms with E-state index in [0.717, 1.165) is 6.42 Å². The molecule has 1 aromatic carbocycles. The molecule has 1 aromatic rings. The standard InChI is InChI=1S/C19H28N2O3/c1-18(2,3)19(13-21(17(22)23)9-10-24-19)12-20-16-11-15(16)14-7-5-4-6-8-14/h4-8,15-16,20H,9-13H2,1-3H3,(H,22,23). The first-order chi connectivity index (χ1) is 11.3. The monoisotopic (exact) mass is 332 g/mol. The fourth-order valence-electron chi connectivity index (χ4n) is 3.56. The van der Waals surface area contributed by atoms with Gasteiger partial charge in [-0.2, -0.15) is 0 Å². The molecule has 2 fully saturated rings. The number of hydrogen-bond acceptors (Lipinski definition) is 3. The Bertz CT molecular complexity index is 584. The lowest BCUT2D eigenvalue weighted by Crippen LogP contribution is -2.64. The molecule has 1 saturated carbocycles. The van der Waals surface area contributed by atoms with Crippen molar-refractivity contribution in [3.8, 4) is 0 Å². The van der Waals surface area contributed by atoms with E-state index in [0.29, 0.717) is 38.2 Å². The smallest absolute Gasteiger partial charge is 0.407 e. The molecule has 0 aromatic heterocycles. The molecule has 2 aliphatic rings. The van der Waals surface area contributed by atoms with E-state index in [4.69, 9.17) is 4.74 Å². The zero-order valence-corrected chi connectivity index (χ0v) is 14.8. The van der Waals surface area contributed by atoms with E-state index in [1.54, 1.807) is 0 Å². The van der Waals surface area contributed by atoms with Gasteiger partial charge in [0.2, 0.25) is 0 Å². The number of carboxylic acid groups (broad SMARTS) is 1. The summed E-state index contributed by atoms with van der Waals surface area (Å²) in [5, 5.41) is 13.0. The lowest BCUT2D eigenvalue weighted by atomic mass is 9.75. The Hall–Kier alpha value is -1.59. The third-order valence-electron chi connectivity index (χ3n) is 5.49. The third-order valence-corrected chi connectivity index (χ3v) is 5.49. The van der Waals surface area contributed by atoms with Gasteiger partial charge in [-0.05, 0) is 17.4 Å². The van der Waals surface area contributed by atoms with Crippen LogP contribution in [0.15, 0.2) is 30.3 Å². The Morgan fingerprint density at radius 3 is 2.71 bits per heavy atom. The summed E-state index contributed by atoms with van der Waals surface area (Å²) < 4.78 is 6.16. The van der Waals surface area contributed by atoms with E-state index in [2.05, 4.69) is 50.4 Å². The lowest BCUT2D eigenvalue weighted by Gasteiger charge is -2.49. The molecule has 1 saturated heterocycles. The molecule has 3 rings (SSSR count). The van der Waals surface area contributed by atoms with Crippen molar-refractivity contribution in [3.63, 3.8) is 0 Å². The average Bonchev–Trinajstić information content (AvgIpc) is 3.33. The molecule has 132 valence electrons. The minimum absolute atomic E-state index is 0.148. The van der Waals surface area contributed by atoms with Crippen molar-refractivity contribution in [2.45, 2.75) is 44.8 Å². The van der Waals surface area contributed by atoms with Crippen LogP contribution in [0.25, 0.3) is 0 Å². The molecule has 1 heterocycles. The van der Waals surface area contributed by atoms with Gasteiger partial charge >= 0.3 is 6.09 Å². The molecule has 0 spiro atoms. The van der Waals surface area contributed by atoms with E-state index < -0.39 is 11.7 Å². The first-order valence-corrected chi connectivity index (χ1v) is 8.73. The fraction of sp³-hybridized carbons (Fsp3) is 0.632. The number of rotatable bonds is 4. The van der Waals surface area contributed by atoms with Gasteiger partial charge in [0, 0.05) is 25.0 Å². The summed E-state index contributed by atoms with van der Waals surface area (Å²) in [5.41, 5.74) is 0.732. The van der Waals surface area contributed by atoms with Crippen LogP contribution in [0.5, 0.6) is 0 Å². The van der Waals surface area contributed by atoms with Crippen LogP contribution < -0.4 is 5.32 Å². The van der Waals surface area contributed by atoms with Crippen LogP contribution in [-0.4, -0.2) is 54.0 Å². The molecular formula is C19H28N2O3. The van der Waals surface area contributed by atoms with Crippen LogP contribution in [-0.2, 0) is 4.74 Å². The number of benzene rings is 1. The first-order valence-electron chi connectivity index (χ1n) is 8.73. The first kappa shape index (κ1) is 17.2. The second-order valence-corrected chi connectivity index (χ2v) is 8.04. The molecule has 0 radical (unpaired) electrons. The minimum Gasteiger partial charge on any atom is -0.465 e. The van der Waals surface area contributed by atoms with Crippen LogP contribution in [0.2, 0.25) is 0 Å². The Morgan fingerprint density at radius 2 is 2.08 bits per heavy atom.